The molecule has 0 radical (unpaired) electrons. The minimum Gasteiger partial charge on any atom is -0.437 e. The zero-order chi connectivity index (χ0) is 10.4. The summed E-state index contributed by atoms with van der Waals surface area (Å²) in [4.78, 5) is 3.97. The summed E-state index contributed by atoms with van der Waals surface area (Å²) in [5.74, 6) is 0.564. The Morgan fingerprint density at radius 2 is 2.50 bits per heavy atom. The average molecular weight is 210 g/mol. The molecular formula is C9H10N2O2S. The summed E-state index contributed by atoms with van der Waals surface area (Å²) in [6.45, 7) is 3.34. The van der Waals surface area contributed by atoms with E-state index in [0.717, 1.165) is 0 Å². The lowest BCUT2D eigenvalue weighted by molar-refractivity contribution is 0.0175. The number of ether oxygens (including phenoxy) is 1. The molecule has 1 heterocycles. The molecule has 0 aliphatic rings. The van der Waals surface area contributed by atoms with Crippen LogP contribution >= 0.6 is 12.2 Å². The summed E-state index contributed by atoms with van der Waals surface area (Å²) in [5, 5.41) is 11.8. The lowest BCUT2D eigenvalue weighted by Crippen LogP contribution is -2.20. The second kappa shape index (κ2) is 5.31. The predicted octanol–water partition coefficient (Wildman–Crippen LogP) is 1.30. The van der Waals surface area contributed by atoms with Crippen molar-refractivity contribution in [2.45, 2.75) is 6.29 Å². The Kier molecular flexibility index (Phi) is 4.03. The van der Waals surface area contributed by atoms with Gasteiger partial charge in [0.15, 0.2) is 0 Å². The average Bonchev–Trinajstić information content (AvgIpc) is 2.19. The quantitative estimate of drug-likeness (QED) is 0.447. The van der Waals surface area contributed by atoms with Crippen LogP contribution < -0.4 is 5.32 Å². The standard InChI is InChI=1S/C9H10N2O2S/c1-2-8(12)13-9(14)11-7-5-3-4-6-10-7/h2-6,8,12H,1H2,(H,10,11,14). The molecule has 0 fully saturated rings. The van der Waals surface area contributed by atoms with Crippen LogP contribution in [0.1, 0.15) is 0 Å². The van der Waals surface area contributed by atoms with E-state index in [1.54, 1.807) is 18.3 Å². The number of anilines is 1. The van der Waals surface area contributed by atoms with Crippen LogP contribution in [0.15, 0.2) is 37.1 Å². The smallest absolute Gasteiger partial charge is 0.264 e. The summed E-state index contributed by atoms with van der Waals surface area (Å²) < 4.78 is 4.82. The number of rotatable bonds is 3. The van der Waals surface area contributed by atoms with Gasteiger partial charge in [0.25, 0.3) is 5.17 Å². The van der Waals surface area contributed by atoms with Gasteiger partial charge in [-0.25, -0.2) is 4.98 Å². The summed E-state index contributed by atoms with van der Waals surface area (Å²) in [6.07, 6.45) is 1.75. The minimum atomic E-state index is -1.10. The third kappa shape index (κ3) is 3.51. The molecule has 0 saturated carbocycles. The fourth-order valence-corrected chi connectivity index (χ4v) is 0.932. The van der Waals surface area contributed by atoms with E-state index in [-0.39, 0.29) is 5.17 Å². The van der Waals surface area contributed by atoms with Crippen LogP contribution in [0.2, 0.25) is 0 Å². The van der Waals surface area contributed by atoms with Crippen molar-refractivity contribution in [2.75, 3.05) is 5.32 Å². The van der Waals surface area contributed by atoms with E-state index < -0.39 is 6.29 Å². The van der Waals surface area contributed by atoms with E-state index in [0.29, 0.717) is 5.82 Å². The molecule has 4 nitrogen and oxygen atoms in total. The van der Waals surface area contributed by atoms with Crippen molar-refractivity contribution < 1.29 is 9.84 Å². The van der Waals surface area contributed by atoms with Crippen molar-refractivity contribution in [1.29, 1.82) is 0 Å². The van der Waals surface area contributed by atoms with Crippen LogP contribution in [0.4, 0.5) is 5.82 Å². The van der Waals surface area contributed by atoms with Crippen molar-refractivity contribution >= 4 is 23.2 Å². The Morgan fingerprint density at radius 1 is 1.71 bits per heavy atom. The van der Waals surface area contributed by atoms with Crippen molar-refractivity contribution in [3.05, 3.63) is 37.1 Å². The van der Waals surface area contributed by atoms with Crippen LogP contribution in [0.3, 0.4) is 0 Å². The summed E-state index contributed by atoms with van der Waals surface area (Å²) >= 11 is 4.80. The van der Waals surface area contributed by atoms with Gasteiger partial charge in [0, 0.05) is 6.20 Å². The molecule has 0 aliphatic carbocycles. The molecule has 14 heavy (non-hydrogen) atoms. The van der Waals surface area contributed by atoms with E-state index in [1.165, 1.54) is 6.08 Å². The molecule has 5 heteroatoms. The molecule has 0 aliphatic heterocycles. The molecule has 0 saturated heterocycles. The number of nitrogens with one attached hydrogen (secondary N) is 1. The zero-order valence-electron chi connectivity index (χ0n) is 7.38. The van der Waals surface area contributed by atoms with E-state index in [1.807, 2.05) is 6.07 Å². The van der Waals surface area contributed by atoms with Gasteiger partial charge in [0.05, 0.1) is 0 Å². The van der Waals surface area contributed by atoms with Gasteiger partial charge < -0.3 is 15.2 Å². The highest BCUT2D eigenvalue weighted by Crippen LogP contribution is 2.01. The number of aliphatic hydroxyl groups is 1. The number of aliphatic hydroxyl groups excluding tert-OH is 1. The van der Waals surface area contributed by atoms with Crippen LogP contribution in [0, 0.1) is 0 Å². The highest BCUT2D eigenvalue weighted by atomic mass is 32.1. The molecule has 0 aromatic carbocycles. The summed E-state index contributed by atoms with van der Waals surface area (Å²) in [7, 11) is 0. The van der Waals surface area contributed by atoms with E-state index in [4.69, 9.17) is 22.1 Å². The molecule has 0 amide bonds. The number of hydrogen-bond donors (Lipinski definition) is 2. The van der Waals surface area contributed by atoms with Gasteiger partial charge in [-0.1, -0.05) is 12.6 Å². The molecule has 0 spiro atoms. The first-order valence-corrected chi connectivity index (χ1v) is 4.32. The number of hydrogen-bond acceptors (Lipinski definition) is 4. The largest absolute Gasteiger partial charge is 0.437 e. The number of thiocarbonyl (C=S) groups is 1. The predicted molar refractivity (Wildman–Crippen MR) is 57.7 cm³/mol. The van der Waals surface area contributed by atoms with Crippen molar-refractivity contribution in [1.82, 2.24) is 4.98 Å². The fraction of sp³-hybridized carbons (Fsp3) is 0.111. The Bertz CT molecular complexity index is 316. The molecule has 1 aromatic heterocycles. The number of pyridine rings is 1. The lowest BCUT2D eigenvalue weighted by atomic mass is 10.5. The van der Waals surface area contributed by atoms with Crippen LogP contribution in [0.5, 0.6) is 0 Å². The first kappa shape index (κ1) is 10.6. The first-order valence-electron chi connectivity index (χ1n) is 3.91. The topological polar surface area (TPSA) is 54.4 Å². The fourth-order valence-electron chi connectivity index (χ4n) is 0.729. The second-order valence-corrected chi connectivity index (χ2v) is 2.74. The Labute approximate surface area is 87.2 Å². The molecule has 1 atom stereocenters. The molecular weight excluding hydrogens is 200 g/mol. The first-order chi connectivity index (χ1) is 6.72. The Hall–Kier alpha value is -1.46. The molecule has 1 unspecified atom stereocenters. The monoisotopic (exact) mass is 210 g/mol. The normalized spacial score (nSPS) is 11.5. The SMILES string of the molecule is C=CC(O)OC(=S)Nc1ccccn1. The second-order valence-electron chi connectivity index (χ2n) is 2.37. The number of nitrogens with zero attached hydrogens (tertiary/aromatic N) is 1. The maximum atomic E-state index is 9.02. The molecule has 74 valence electrons. The van der Waals surface area contributed by atoms with Crippen LogP contribution in [-0.4, -0.2) is 21.6 Å². The van der Waals surface area contributed by atoms with Crippen LogP contribution in [0.25, 0.3) is 0 Å². The van der Waals surface area contributed by atoms with Gasteiger partial charge >= 0.3 is 0 Å². The highest BCUT2D eigenvalue weighted by Gasteiger charge is 2.03. The molecule has 2 N–H and O–H groups in total. The van der Waals surface area contributed by atoms with E-state index in [9.17, 15) is 0 Å². The van der Waals surface area contributed by atoms with Gasteiger partial charge in [-0.2, -0.15) is 0 Å². The molecule has 1 rings (SSSR count). The van der Waals surface area contributed by atoms with Crippen LogP contribution in [-0.2, 0) is 4.74 Å². The summed E-state index contributed by atoms with van der Waals surface area (Å²) in [5.41, 5.74) is 0. The third-order valence-corrected chi connectivity index (χ3v) is 1.52. The molecule has 1 aromatic rings. The van der Waals surface area contributed by atoms with Gasteiger partial charge in [-0.15, -0.1) is 0 Å². The van der Waals surface area contributed by atoms with Crippen molar-refractivity contribution in [2.24, 2.45) is 0 Å². The minimum absolute atomic E-state index is 0.0519. The highest BCUT2D eigenvalue weighted by molar-refractivity contribution is 7.80. The maximum absolute atomic E-state index is 9.02. The van der Waals surface area contributed by atoms with Gasteiger partial charge in [-0.05, 0) is 30.4 Å². The number of aromatic nitrogens is 1. The Morgan fingerprint density at radius 3 is 3.07 bits per heavy atom. The molecule has 0 bridgehead atoms. The van der Waals surface area contributed by atoms with E-state index in [2.05, 4.69) is 16.9 Å². The summed E-state index contributed by atoms with van der Waals surface area (Å²) in [6, 6.07) is 5.32. The van der Waals surface area contributed by atoms with Crippen molar-refractivity contribution in [3.8, 4) is 0 Å². The zero-order valence-corrected chi connectivity index (χ0v) is 8.20. The third-order valence-electron chi connectivity index (χ3n) is 1.32. The lowest BCUT2D eigenvalue weighted by Gasteiger charge is -2.10. The maximum Gasteiger partial charge on any atom is 0.264 e. The Balaban J connectivity index is 2.46. The van der Waals surface area contributed by atoms with Crippen molar-refractivity contribution in [3.63, 3.8) is 0 Å². The van der Waals surface area contributed by atoms with E-state index >= 15 is 0 Å². The van der Waals surface area contributed by atoms with Gasteiger partial charge in [0.2, 0.25) is 6.29 Å². The van der Waals surface area contributed by atoms with Gasteiger partial charge in [-0.3, -0.25) is 0 Å². The van der Waals surface area contributed by atoms with Gasteiger partial charge in [0.1, 0.15) is 5.82 Å².